The van der Waals surface area contributed by atoms with E-state index in [2.05, 4.69) is 5.10 Å². The number of hydrogen-bond donors (Lipinski definition) is 0. The molecule has 6 nitrogen and oxygen atoms in total. The van der Waals surface area contributed by atoms with Crippen LogP contribution in [0.4, 0.5) is 0 Å². The van der Waals surface area contributed by atoms with Crippen LogP contribution in [0.5, 0.6) is 0 Å². The van der Waals surface area contributed by atoms with E-state index in [4.69, 9.17) is 0 Å². The summed E-state index contributed by atoms with van der Waals surface area (Å²) in [5.74, 6) is 0.152. The van der Waals surface area contributed by atoms with Crippen LogP contribution in [0.2, 0.25) is 0 Å². The minimum absolute atomic E-state index is 0.00339. The Hall–Kier alpha value is -1.85. The molecule has 1 aliphatic rings. The van der Waals surface area contributed by atoms with Crippen LogP contribution in [-0.2, 0) is 23.1 Å². The summed E-state index contributed by atoms with van der Waals surface area (Å²) in [5.41, 5.74) is 1.11. The highest BCUT2D eigenvalue weighted by Gasteiger charge is 2.29. The van der Waals surface area contributed by atoms with Crippen LogP contribution < -0.4 is 0 Å². The Balaban J connectivity index is 1.79. The van der Waals surface area contributed by atoms with Gasteiger partial charge in [-0.1, -0.05) is 6.92 Å². The molecule has 1 aliphatic heterocycles. The second-order valence-electron chi connectivity index (χ2n) is 5.54. The molecule has 0 aliphatic carbocycles. The largest absolute Gasteiger partial charge is 0.344 e. The van der Waals surface area contributed by atoms with Crippen LogP contribution in [0.25, 0.3) is 0 Å². The van der Waals surface area contributed by atoms with E-state index in [1.807, 2.05) is 26.4 Å². The Bertz CT molecular complexity index is 497. The van der Waals surface area contributed by atoms with Crippen LogP contribution in [0, 0.1) is 5.92 Å². The van der Waals surface area contributed by atoms with Crippen molar-refractivity contribution in [3.05, 3.63) is 18.0 Å². The molecule has 1 fully saturated rings. The highest BCUT2D eigenvalue weighted by atomic mass is 16.2. The molecule has 1 aromatic rings. The molecule has 0 aromatic carbocycles. The van der Waals surface area contributed by atoms with Gasteiger partial charge in [-0.2, -0.15) is 5.10 Å². The molecule has 2 heterocycles. The van der Waals surface area contributed by atoms with E-state index < -0.39 is 0 Å². The maximum absolute atomic E-state index is 12.1. The summed E-state index contributed by atoms with van der Waals surface area (Å²) in [6.07, 6.45) is 5.39. The second kappa shape index (κ2) is 6.07. The van der Waals surface area contributed by atoms with Gasteiger partial charge in [0, 0.05) is 39.3 Å². The lowest BCUT2D eigenvalue weighted by Crippen LogP contribution is -2.40. The van der Waals surface area contributed by atoms with Crippen molar-refractivity contribution in [1.29, 1.82) is 0 Å². The number of aromatic nitrogens is 2. The van der Waals surface area contributed by atoms with Crippen LogP contribution in [0.15, 0.2) is 12.4 Å². The fourth-order valence-corrected chi connectivity index (χ4v) is 2.36. The van der Waals surface area contributed by atoms with Crippen molar-refractivity contribution < 1.29 is 9.59 Å². The number of rotatable bonds is 5. The van der Waals surface area contributed by atoms with Gasteiger partial charge in [0.25, 0.3) is 0 Å². The lowest BCUT2D eigenvalue weighted by molar-refractivity contribution is -0.138. The molecule has 0 N–H and O–H groups in total. The van der Waals surface area contributed by atoms with Gasteiger partial charge in [-0.15, -0.1) is 0 Å². The smallest absolute Gasteiger partial charge is 0.241 e. The van der Waals surface area contributed by atoms with Gasteiger partial charge < -0.3 is 9.80 Å². The number of carbonyl (C=O) groups is 2. The van der Waals surface area contributed by atoms with Gasteiger partial charge in [-0.25, -0.2) is 0 Å². The molecule has 20 heavy (non-hydrogen) atoms. The highest BCUT2D eigenvalue weighted by Crippen LogP contribution is 2.16. The van der Waals surface area contributed by atoms with E-state index in [0.717, 1.165) is 18.4 Å². The summed E-state index contributed by atoms with van der Waals surface area (Å²) in [5, 5.41) is 4.10. The molecule has 1 saturated heterocycles. The molecule has 1 atom stereocenters. The zero-order chi connectivity index (χ0) is 14.7. The monoisotopic (exact) mass is 278 g/mol. The Morgan fingerprint density at radius 2 is 2.30 bits per heavy atom. The molecule has 1 aromatic heterocycles. The van der Waals surface area contributed by atoms with Crippen molar-refractivity contribution in [2.45, 2.75) is 19.8 Å². The average molecular weight is 278 g/mol. The Labute approximate surface area is 119 Å². The van der Waals surface area contributed by atoms with Gasteiger partial charge in [-0.3, -0.25) is 14.3 Å². The Morgan fingerprint density at radius 1 is 1.55 bits per heavy atom. The first-order chi connectivity index (χ1) is 9.47. The summed E-state index contributed by atoms with van der Waals surface area (Å²) in [4.78, 5) is 27.2. The maximum atomic E-state index is 12.1. The number of likely N-dealkylation sites (N-methyl/N-ethyl adjacent to an activating group) is 1. The third-order valence-corrected chi connectivity index (χ3v) is 3.81. The summed E-state index contributed by atoms with van der Waals surface area (Å²) in [6.45, 7) is 3.45. The van der Waals surface area contributed by atoms with Crippen molar-refractivity contribution in [2.24, 2.45) is 13.0 Å². The third kappa shape index (κ3) is 3.37. The lowest BCUT2D eigenvalue weighted by Gasteiger charge is -2.21. The van der Waals surface area contributed by atoms with E-state index >= 15 is 0 Å². The molecule has 0 spiro atoms. The van der Waals surface area contributed by atoms with Crippen LogP contribution in [-0.4, -0.2) is 58.1 Å². The van der Waals surface area contributed by atoms with Crippen LogP contribution in [0.3, 0.4) is 0 Å². The Kier molecular flexibility index (Phi) is 4.42. The molecule has 0 bridgehead atoms. The molecule has 6 heteroatoms. The van der Waals surface area contributed by atoms with E-state index in [-0.39, 0.29) is 24.3 Å². The fraction of sp³-hybridized carbons (Fsp3) is 0.643. The Morgan fingerprint density at radius 3 is 2.85 bits per heavy atom. The van der Waals surface area contributed by atoms with Gasteiger partial charge in [0.2, 0.25) is 11.8 Å². The second-order valence-corrected chi connectivity index (χ2v) is 5.54. The van der Waals surface area contributed by atoms with Gasteiger partial charge in [0.05, 0.1) is 12.7 Å². The van der Waals surface area contributed by atoms with E-state index in [0.29, 0.717) is 13.1 Å². The predicted octanol–water partition coefficient (Wildman–Crippen LogP) is 0.289. The van der Waals surface area contributed by atoms with Crippen molar-refractivity contribution in [3.63, 3.8) is 0 Å². The van der Waals surface area contributed by atoms with E-state index in [1.54, 1.807) is 21.5 Å². The summed E-state index contributed by atoms with van der Waals surface area (Å²) in [6, 6.07) is 0. The predicted molar refractivity (Wildman–Crippen MR) is 74.9 cm³/mol. The van der Waals surface area contributed by atoms with E-state index in [1.165, 1.54) is 0 Å². The topological polar surface area (TPSA) is 58.4 Å². The number of amides is 2. The maximum Gasteiger partial charge on any atom is 0.241 e. The zero-order valence-electron chi connectivity index (χ0n) is 12.4. The van der Waals surface area contributed by atoms with Gasteiger partial charge in [-0.05, 0) is 18.4 Å². The lowest BCUT2D eigenvalue weighted by atomic mass is 10.1. The van der Waals surface area contributed by atoms with Crippen molar-refractivity contribution in [1.82, 2.24) is 19.6 Å². The molecule has 0 unspecified atom stereocenters. The molecule has 2 rings (SSSR count). The average Bonchev–Trinajstić information content (AvgIpc) is 2.96. The van der Waals surface area contributed by atoms with Crippen molar-refractivity contribution in [2.75, 3.05) is 26.7 Å². The number of likely N-dealkylation sites (tertiary alicyclic amines) is 1. The minimum atomic E-state index is -0.00339. The van der Waals surface area contributed by atoms with Crippen LogP contribution >= 0.6 is 0 Å². The molecule has 110 valence electrons. The molecule has 0 radical (unpaired) electrons. The zero-order valence-corrected chi connectivity index (χ0v) is 12.4. The molecular weight excluding hydrogens is 256 g/mol. The SMILES string of the molecule is C[C@H]1CCN(CC(=O)N(C)CCc2cnn(C)c2)C1=O. The van der Waals surface area contributed by atoms with Crippen molar-refractivity contribution >= 4 is 11.8 Å². The molecule has 0 saturated carbocycles. The third-order valence-electron chi connectivity index (χ3n) is 3.81. The highest BCUT2D eigenvalue weighted by molar-refractivity contribution is 5.86. The molecular formula is C14H22N4O2. The standard InChI is InChI=1S/C14H22N4O2/c1-11-4-7-18(14(11)20)10-13(19)16(2)6-5-12-8-15-17(3)9-12/h8-9,11H,4-7,10H2,1-3H3/t11-/m0/s1. The van der Waals surface area contributed by atoms with E-state index in [9.17, 15) is 9.59 Å². The number of carbonyl (C=O) groups excluding carboxylic acids is 2. The van der Waals surface area contributed by atoms with Gasteiger partial charge >= 0.3 is 0 Å². The number of nitrogens with zero attached hydrogens (tertiary/aromatic N) is 4. The van der Waals surface area contributed by atoms with Gasteiger partial charge in [0.1, 0.15) is 0 Å². The van der Waals surface area contributed by atoms with Crippen molar-refractivity contribution in [3.8, 4) is 0 Å². The summed E-state index contributed by atoms with van der Waals surface area (Å²) >= 11 is 0. The first-order valence-electron chi connectivity index (χ1n) is 6.97. The number of hydrogen-bond acceptors (Lipinski definition) is 3. The van der Waals surface area contributed by atoms with Crippen LogP contribution in [0.1, 0.15) is 18.9 Å². The summed E-state index contributed by atoms with van der Waals surface area (Å²) in [7, 11) is 3.65. The first-order valence-corrected chi connectivity index (χ1v) is 6.97. The normalized spacial score (nSPS) is 18.6. The fourth-order valence-electron chi connectivity index (χ4n) is 2.36. The molecule has 2 amide bonds. The first kappa shape index (κ1) is 14.6. The quantitative estimate of drug-likeness (QED) is 0.778. The summed E-state index contributed by atoms with van der Waals surface area (Å²) < 4.78 is 1.75. The van der Waals surface area contributed by atoms with Gasteiger partial charge in [0.15, 0.2) is 0 Å². The minimum Gasteiger partial charge on any atom is -0.344 e. The number of aryl methyl sites for hydroxylation is 1.